The lowest BCUT2D eigenvalue weighted by molar-refractivity contribution is 0.340. The molecule has 0 N–H and O–H groups in total. The van der Waals surface area contributed by atoms with Crippen molar-refractivity contribution >= 4 is 26.5 Å². The van der Waals surface area contributed by atoms with E-state index in [0.717, 1.165) is 33.2 Å². The third-order valence-corrected chi connectivity index (χ3v) is 4.86. The Labute approximate surface area is 144 Å². The van der Waals surface area contributed by atoms with Crippen LogP contribution < -0.4 is 9.47 Å². The Hall–Kier alpha value is -2.53. The van der Waals surface area contributed by atoms with Crippen LogP contribution in [0.25, 0.3) is 26.4 Å². The molecule has 0 atom stereocenters. The molecule has 24 heavy (non-hydrogen) atoms. The largest absolute Gasteiger partial charge is 0.494 e. The van der Waals surface area contributed by atoms with Gasteiger partial charge in [0.15, 0.2) is 4.96 Å². The minimum Gasteiger partial charge on any atom is -0.494 e. The van der Waals surface area contributed by atoms with Crippen LogP contribution in [0.3, 0.4) is 0 Å². The zero-order valence-corrected chi connectivity index (χ0v) is 14.5. The molecule has 0 saturated heterocycles. The highest BCUT2D eigenvalue weighted by atomic mass is 32.1. The van der Waals surface area contributed by atoms with E-state index < -0.39 is 0 Å². The van der Waals surface area contributed by atoms with E-state index in [2.05, 4.69) is 22.7 Å². The van der Waals surface area contributed by atoms with Crippen LogP contribution in [0.4, 0.5) is 0 Å². The molecule has 4 rings (SSSR count). The number of hydrogen-bond acceptors (Lipinski definition) is 4. The van der Waals surface area contributed by atoms with Crippen molar-refractivity contribution in [1.29, 1.82) is 0 Å². The lowest BCUT2D eigenvalue weighted by Crippen LogP contribution is -1.90. The maximum Gasteiger partial charge on any atom is 0.195 e. The highest BCUT2D eigenvalue weighted by Gasteiger charge is 2.11. The summed E-state index contributed by atoms with van der Waals surface area (Å²) < 4.78 is 14.4. The quantitative estimate of drug-likeness (QED) is 0.513. The lowest BCUT2D eigenvalue weighted by Gasteiger charge is -2.03. The zero-order chi connectivity index (χ0) is 16.5. The Morgan fingerprint density at radius 2 is 1.67 bits per heavy atom. The number of ether oxygens (including phenoxy) is 2. The fraction of sp³-hybridized carbons (Fsp3) is 0.211. The van der Waals surface area contributed by atoms with Gasteiger partial charge in [-0.2, -0.15) is 0 Å². The van der Waals surface area contributed by atoms with Crippen LogP contribution in [0.5, 0.6) is 11.5 Å². The Bertz CT molecular complexity index is 986. The molecule has 5 heteroatoms. The molecular formula is C19H18N2O2S. The van der Waals surface area contributed by atoms with Crippen LogP contribution in [0.2, 0.25) is 0 Å². The number of nitrogens with zero attached hydrogens (tertiary/aromatic N) is 2. The second-order valence-electron chi connectivity index (χ2n) is 5.40. The van der Waals surface area contributed by atoms with Gasteiger partial charge in [0, 0.05) is 11.8 Å². The average Bonchev–Trinajstić information content (AvgIpc) is 3.13. The predicted molar refractivity (Wildman–Crippen MR) is 98.3 cm³/mol. The normalized spacial score (nSPS) is 11.2. The number of hydrogen-bond donors (Lipinski definition) is 0. The molecule has 0 amide bonds. The number of imidazole rings is 1. The van der Waals surface area contributed by atoms with E-state index in [1.165, 1.54) is 4.70 Å². The highest BCUT2D eigenvalue weighted by Crippen LogP contribution is 2.32. The van der Waals surface area contributed by atoms with E-state index in [-0.39, 0.29) is 0 Å². The van der Waals surface area contributed by atoms with Gasteiger partial charge in [-0.25, -0.2) is 4.98 Å². The molecule has 0 aliphatic rings. The minimum atomic E-state index is 0.676. The van der Waals surface area contributed by atoms with Gasteiger partial charge in [-0.1, -0.05) is 11.3 Å². The number of fused-ring (bicyclic) bond motifs is 3. The standard InChI is InChI=1S/C19H18N2O2S/c1-3-22-14-7-5-13(6-8-14)16-12-21-17-10-9-15(23-4-2)11-18(17)24-19(21)20-16/h5-12H,3-4H2,1-2H3. The minimum absolute atomic E-state index is 0.676. The van der Waals surface area contributed by atoms with E-state index in [4.69, 9.17) is 14.5 Å². The molecular weight excluding hydrogens is 320 g/mol. The average molecular weight is 338 g/mol. The van der Waals surface area contributed by atoms with Gasteiger partial charge in [0.25, 0.3) is 0 Å². The molecule has 0 spiro atoms. The topological polar surface area (TPSA) is 35.8 Å². The Morgan fingerprint density at radius 1 is 0.958 bits per heavy atom. The molecule has 0 aliphatic carbocycles. The van der Waals surface area contributed by atoms with Crippen molar-refractivity contribution < 1.29 is 9.47 Å². The first-order valence-corrected chi connectivity index (χ1v) is 8.88. The van der Waals surface area contributed by atoms with Crippen LogP contribution in [0.15, 0.2) is 48.7 Å². The smallest absolute Gasteiger partial charge is 0.195 e. The van der Waals surface area contributed by atoms with Crippen molar-refractivity contribution in [2.75, 3.05) is 13.2 Å². The predicted octanol–water partition coefficient (Wildman–Crippen LogP) is 5.01. The molecule has 0 bridgehead atoms. The summed E-state index contributed by atoms with van der Waals surface area (Å²) in [5.41, 5.74) is 3.22. The molecule has 2 aromatic heterocycles. The monoisotopic (exact) mass is 338 g/mol. The second-order valence-corrected chi connectivity index (χ2v) is 6.41. The Kier molecular flexibility index (Phi) is 3.86. The van der Waals surface area contributed by atoms with Gasteiger partial charge in [0.2, 0.25) is 0 Å². The maximum absolute atomic E-state index is 5.58. The van der Waals surface area contributed by atoms with Crippen molar-refractivity contribution in [3.05, 3.63) is 48.7 Å². The highest BCUT2D eigenvalue weighted by molar-refractivity contribution is 7.23. The first-order chi connectivity index (χ1) is 11.8. The molecule has 0 radical (unpaired) electrons. The third-order valence-electron chi connectivity index (χ3n) is 3.84. The summed E-state index contributed by atoms with van der Waals surface area (Å²) in [6, 6.07) is 14.2. The number of benzene rings is 2. The molecule has 0 aliphatic heterocycles. The van der Waals surface area contributed by atoms with Gasteiger partial charge in [-0.15, -0.1) is 0 Å². The number of thiazole rings is 1. The van der Waals surface area contributed by atoms with Gasteiger partial charge in [-0.05, 0) is 56.3 Å². The molecule has 122 valence electrons. The SMILES string of the molecule is CCOc1ccc(-c2cn3c(n2)sc2cc(OCC)ccc23)cc1. The van der Waals surface area contributed by atoms with Gasteiger partial charge in [0.05, 0.1) is 29.1 Å². The van der Waals surface area contributed by atoms with Gasteiger partial charge >= 0.3 is 0 Å². The molecule has 2 heterocycles. The van der Waals surface area contributed by atoms with E-state index in [1.807, 2.05) is 44.2 Å². The summed E-state index contributed by atoms with van der Waals surface area (Å²) >= 11 is 1.68. The Morgan fingerprint density at radius 3 is 2.42 bits per heavy atom. The van der Waals surface area contributed by atoms with Gasteiger partial charge in [-0.3, -0.25) is 4.40 Å². The van der Waals surface area contributed by atoms with Crippen LogP contribution in [0, 0.1) is 0 Å². The fourth-order valence-electron chi connectivity index (χ4n) is 2.77. The van der Waals surface area contributed by atoms with Crippen LogP contribution >= 0.6 is 11.3 Å². The van der Waals surface area contributed by atoms with E-state index in [9.17, 15) is 0 Å². The van der Waals surface area contributed by atoms with Crippen LogP contribution in [-0.4, -0.2) is 22.6 Å². The van der Waals surface area contributed by atoms with E-state index >= 15 is 0 Å². The van der Waals surface area contributed by atoms with Crippen molar-refractivity contribution in [2.24, 2.45) is 0 Å². The summed E-state index contributed by atoms with van der Waals surface area (Å²) in [4.78, 5) is 5.76. The maximum atomic E-state index is 5.58. The summed E-state index contributed by atoms with van der Waals surface area (Å²) in [6.07, 6.45) is 2.09. The molecule has 0 unspecified atom stereocenters. The van der Waals surface area contributed by atoms with Crippen molar-refractivity contribution in [3.63, 3.8) is 0 Å². The van der Waals surface area contributed by atoms with Crippen molar-refractivity contribution in [2.45, 2.75) is 13.8 Å². The lowest BCUT2D eigenvalue weighted by atomic mass is 10.2. The van der Waals surface area contributed by atoms with Crippen LogP contribution in [0.1, 0.15) is 13.8 Å². The summed E-state index contributed by atoms with van der Waals surface area (Å²) in [7, 11) is 0. The van der Waals surface area contributed by atoms with Gasteiger partial charge in [0.1, 0.15) is 11.5 Å². The third kappa shape index (κ3) is 2.61. The first kappa shape index (κ1) is 15.0. The van der Waals surface area contributed by atoms with E-state index in [0.29, 0.717) is 13.2 Å². The summed E-state index contributed by atoms with van der Waals surface area (Å²) in [5.74, 6) is 1.79. The zero-order valence-electron chi connectivity index (χ0n) is 13.7. The molecule has 4 aromatic rings. The number of aromatic nitrogens is 2. The van der Waals surface area contributed by atoms with Gasteiger partial charge < -0.3 is 9.47 Å². The molecule has 0 saturated carbocycles. The fourth-order valence-corrected chi connectivity index (χ4v) is 3.80. The van der Waals surface area contributed by atoms with Crippen molar-refractivity contribution in [1.82, 2.24) is 9.38 Å². The van der Waals surface area contributed by atoms with Crippen molar-refractivity contribution in [3.8, 4) is 22.8 Å². The van der Waals surface area contributed by atoms with Crippen LogP contribution in [-0.2, 0) is 0 Å². The summed E-state index contributed by atoms with van der Waals surface area (Å²) in [5, 5.41) is 0. The first-order valence-electron chi connectivity index (χ1n) is 8.06. The molecule has 2 aromatic carbocycles. The Balaban J connectivity index is 1.72. The molecule has 0 fully saturated rings. The molecule has 4 nitrogen and oxygen atoms in total. The van der Waals surface area contributed by atoms with E-state index in [1.54, 1.807) is 11.3 Å². The summed E-state index contributed by atoms with van der Waals surface area (Å²) in [6.45, 7) is 5.33. The second kappa shape index (κ2) is 6.17. The number of rotatable bonds is 5.